The lowest BCUT2D eigenvalue weighted by Gasteiger charge is -2.15. The summed E-state index contributed by atoms with van der Waals surface area (Å²) in [6, 6.07) is 61.0. The van der Waals surface area contributed by atoms with Crippen LogP contribution in [-0.4, -0.2) is 15.0 Å². The number of nitrogens with zero attached hydrogens (tertiary/aromatic N) is 3. The van der Waals surface area contributed by atoms with Crippen molar-refractivity contribution in [2.45, 2.75) is 0 Å². The van der Waals surface area contributed by atoms with Crippen LogP contribution in [0.1, 0.15) is 0 Å². The van der Waals surface area contributed by atoms with Gasteiger partial charge in [0.05, 0.1) is 0 Å². The molecule has 0 aliphatic heterocycles. The number of hydrogen-bond acceptors (Lipinski definition) is 4. The summed E-state index contributed by atoms with van der Waals surface area (Å²) in [5.74, 6) is 2.58. The number of aromatic nitrogens is 3. The number of benzene rings is 8. The molecule has 2 heterocycles. The van der Waals surface area contributed by atoms with E-state index in [0.29, 0.717) is 17.5 Å². The maximum Gasteiger partial charge on any atom is 0.165 e. The first kappa shape index (κ1) is 29.0. The molecule has 2 aromatic heterocycles. The first-order valence-corrected chi connectivity index (χ1v) is 17.1. The molecular formula is C47H29N3O. The van der Waals surface area contributed by atoms with Crippen molar-refractivity contribution in [1.29, 1.82) is 0 Å². The van der Waals surface area contributed by atoms with Gasteiger partial charge in [-0.3, -0.25) is 0 Å². The largest absolute Gasteiger partial charge is 0.456 e. The van der Waals surface area contributed by atoms with E-state index in [9.17, 15) is 0 Å². The van der Waals surface area contributed by atoms with E-state index in [4.69, 9.17) is 19.4 Å². The fourth-order valence-electron chi connectivity index (χ4n) is 7.25. The summed E-state index contributed by atoms with van der Waals surface area (Å²) >= 11 is 0. The third-order valence-corrected chi connectivity index (χ3v) is 9.74. The summed E-state index contributed by atoms with van der Waals surface area (Å²) in [4.78, 5) is 15.8. The van der Waals surface area contributed by atoms with Gasteiger partial charge in [-0.05, 0) is 61.6 Å². The third kappa shape index (κ3) is 5.04. The van der Waals surface area contributed by atoms with Gasteiger partial charge in [-0.2, -0.15) is 0 Å². The van der Waals surface area contributed by atoms with Crippen LogP contribution in [0, 0.1) is 0 Å². The molecule has 10 rings (SSSR count). The van der Waals surface area contributed by atoms with Crippen molar-refractivity contribution in [3.8, 4) is 56.6 Å². The highest BCUT2D eigenvalue weighted by Gasteiger charge is 2.20. The number of hydrogen-bond donors (Lipinski definition) is 0. The second-order valence-corrected chi connectivity index (χ2v) is 12.8. The van der Waals surface area contributed by atoms with E-state index in [1.165, 1.54) is 16.2 Å². The van der Waals surface area contributed by atoms with Gasteiger partial charge in [0.25, 0.3) is 0 Å². The van der Waals surface area contributed by atoms with E-state index in [1.807, 2.05) is 36.4 Å². The van der Waals surface area contributed by atoms with Gasteiger partial charge in [-0.25, -0.2) is 15.0 Å². The van der Waals surface area contributed by atoms with Crippen LogP contribution in [0.5, 0.6) is 0 Å². The highest BCUT2D eigenvalue weighted by atomic mass is 16.3. The molecule has 8 aromatic carbocycles. The van der Waals surface area contributed by atoms with E-state index >= 15 is 0 Å². The van der Waals surface area contributed by atoms with Crippen molar-refractivity contribution in [2.75, 3.05) is 0 Å². The van der Waals surface area contributed by atoms with Crippen LogP contribution in [0.3, 0.4) is 0 Å². The van der Waals surface area contributed by atoms with E-state index in [-0.39, 0.29) is 0 Å². The van der Waals surface area contributed by atoms with Crippen LogP contribution < -0.4 is 0 Å². The Morgan fingerprint density at radius 3 is 1.76 bits per heavy atom. The van der Waals surface area contributed by atoms with Crippen LogP contribution >= 0.6 is 0 Å². The zero-order valence-electron chi connectivity index (χ0n) is 27.5. The number of para-hydroxylation sites is 1. The topological polar surface area (TPSA) is 51.8 Å². The molecule has 0 aliphatic rings. The second kappa shape index (κ2) is 11.9. The van der Waals surface area contributed by atoms with Crippen molar-refractivity contribution >= 4 is 43.3 Å². The van der Waals surface area contributed by atoms with E-state index in [0.717, 1.165) is 66.3 Å². The average molecular weight is 652 g/mol. The Kier molecular flexibility index (Phi) is 6.78. The van der Waals surface area contributed by atoms with Crippen molar-refractivity contribution in [3.05, 3.63) is 176 Å². The van der Waals surface area contributed by atoms with Gasteiger partial charge in [0.1, 0.15) is 11.3 Å². The van der Waals surface area contributed by atoms with Gasteiger partial charge in [-0.15, -0.1) is 0 Å². The molecule has 51 heavy (non-hydrogen) atoms. The molecule has 4 nitrogen and oxygen atoms in total. The van der Waals surface area contributed by atoms with Crippen molar-refractivity contribution in [2.24, 2.45) is 0 Å². The lowest BCUT2D eigenvalue weighted by Crippen LogP contribution is -2.02. The molecule has 0 atom stereocenters. The fraction of sp³-hybridized carbons (Fsp3) is 0. The van der Waals surface area contributed by atoms with E-state index in [2.05, 4.69) is 140 Å². The molecule has 0 saturated heterocycles. The molecule has 4 heteroatoms. The molecule has 238 valence electrons. The predicted molar refractivity (Wildman–Crippen MR) is 209 cm³/mol. The normalized spacial score (nSPS) is 11.5. The lowest BCUT2D eigenvalue weighted by molar-refractivity contribution is 0.631. The molecule has 0 saturated carbocycles. The third-order valence-electron chi connectivity index (χ3n) is 9.74. The summed E-state index contributed by atoms with van der Waals surface area (Å²) in [7, 11) is 0. The van der Waals surface area contributed by atoms with Crippen LogP contribution in [0.25, 0.3) is 99.9 Å². The maximum absolute atomic E-state index is 6.39. The zero-order valence-corrected chi connectivity index (χ0v) is 27.5. The minimum absolute atomic E-state index is 0.583. The Balaban J connectivity index is 1.24. The molecule has 0 N–H and O–H groups in total. The standard InChI is InChI=1S/C47H29N3O/c1-2-12-30(13-3-1)31-22-24-33(25-23-31)45-48-46(40-20-10-9-19-38(40)43-29-35-16-6-11-21-42(35)51-43)50-47(49-45)44-37-18-8-5-15-34(37)28-41-36-17-7-4-14-32(36)26-27-39(41)44/h1-29H. The Bertz CT molecular complexity index is 2880. The molecule has 0 spiro atoms. The zero-order chi connectivity index (χ0) is 33.7. The first-order valence-electron chi connectivity index (χ1n) is 17.1. The molecular weight excluding hydrogens is 623 g/mol. The summed E-state index contributed by atoms with van der Waals surface area (Å²) in [6.07, 6.45) is 0. The summed E-state index contributed by atoms with van der Waals surface area (Å²) in [5.41, 5.74) is 6.83. The molecule has 10 aromatic rings. The Morgan fingerprint density at radius 2 is 0.941 bits per heavy atom. The van der Waals surface area contributed by atoms with Crippen molar-refractivity contribution in [3.63, 3.8) is 0 Å². The minimum atomic E-state index is 0.583. The first-order chi connectivity index (χ1) is 25.3. The molecule has 0 unspecified atom stereocenters. The Labute approximate surface area is 294 Å². The van der Waals surface area contributed by atoms with Crippen LogP contribution in [0.4, 0.5) is 0 Å². The monoisotopic (exact) mass is 651 g/mol. The fourth-order valence-corrected chi connectivity index (χ4v) is 7.25. The Hall–Kier alpha value is -6.91. The van der Waals surface area contributed by atoms with E-state index in [1.54, 1.807) is 0 Å². The Morgan fingerprint density at radius 1 is 0.333 bits per heavy atom. The highest BCUT2D eigenvalue weighted by Crippen LogP contribution is 2.40. The van der Waals surface area contributed by atoms with Crippen LogP contribution in [0.2, 0.25) is 0 Å². The predicted octanol–water partition coefficient (Wildman–Crippen LogP) is 12.4. The molecule has 0 bridgehead atoms. The number of furan rings is 1. The smallest absolute Gasteiger partial charge is 0.165 e. The molecule has 0 fully saturated rings. The summed E-state index contributed by atoms with van der Waals surface area (Å²) in [5, 5.41) is 7.93. The van der Waals surface area contributed by atoms with Gasteiger partial charge in [0, 0.05) is 27.6 Å². The van der Waals surface area contributed by atoms with E-state index < -0.39 is 0 Å². The van der Waals surface area contributed by atoms with Gasteiger partial charge in [0.2, 0.25) is 0 Å². The molecule has 0 amide bonds. The van der Waals surface area contributed by atoms with Gasteiger partial charge < -0.3 is 4.42 Å². The molecule has 0 aliphatic carbocycles. The van der Waals surface area contributed by atoms with Gasteiger partial charge in [0.15, 0.2) is 17.5 Å². The number of fused-ring (bicyclic) bond motifs is 5. The summed E-state index contributed by atoms with van der Waals surface area (Å²) < 4.78 is 6.39. The van der Waals surface area contributed by atoms with Gasteiger partial charge in [-0.1, -0.05) is 158 Å². The van der Waals surface area contributed by atoms with Crippen molar-refractivity contribution in [1.82, 2.24) is 15.0 Å². The summed E-state index contributed by atoms with van der Waals surface area (Å²) in [6.45, 7) is 0. The highest BCUT2D eigenvalue weighted by molar-refractivity contribution is 6.19. The average Bonchev–Trinajstić information content (AvgIpc) is 3.65. The van der Waals surface area contributed by atoms with Gasteiger partial charge >= 0.3 is 0 Å². The maximum atomic E-state index is 6.39. The number of rotatable bonds is 5. The SMILES string of the molecule is c1ccc(-c2ccc(-c3nc(-c4ccccc4-c4cc5ccccc5o4)nc(-c4c5ccccc5cc5c4ccc4ccccc45)n3)cc2)cc1. The second-order valence-electron chi connectivity index (χ2n) is 12.8. The lowest BCUT2D eigenvalue weighted by atomic mass is 9.93. The van der Waals surface area contributed by atoms with Crippen molar-refractivity contribution < 1.29 is 4.42 Å². The van der Waals surface area contributed by atoms with Crippen LogP contribution in [-0.2, 0) is 0 Å². The quantitative estimate of drug-likeness (QED) is 0.137. The molecule has 0 radical (unpaired) electrons. The minimum Gasteiger partial charge on any atom is -0.456 e. The van der Waals surface area contributed by atoms with Crippen LogP contribution in [0.15, 0.2) is 180 Å².